The van der Waals surface area contributed by atoms with Gasteiger partial charge in [-0.2, -0.15) is 0 Å². The molecule has 2 aliphatic heterocycles. The molecule has 2 aliphatic rings. The SMILES string of the molecule is CC(NC(=O)c1ccc2c(c1)C(NC(=O)c1ccc(N3CCNCC3)cc1)CN2)c1ccccc1. The van der Waals surface area contributed by atoms with Gasteiger partial charge in [-0.1, -0.05) is 30.3 Å². The lowest BCUT2D eigenvalue weighted by atomic mass is 10.0. The van der Waals surface area contributed by atoms with Crippen LogP contribution in [0.5, 0.6) is 0 Å². The molecule has 4 N–H and O–H groups in total. The fourth-order valence-electron chi connectivity index (χ4n) is 4.70. The van der Waals surface area contributed by atoms with Gasteiger partial charge < -0.3 is 26.2 Å². The highest BCUT2D eigenvalue weighted by Gasteiger charge is 2.26. The Kier molecular flexibility index (Phi) is 6.68. The zero-order valence-corrected chi connectivity index (χ0v) is 19.9. The minimum atomic E-state index is -0.204. The molecule has 180 valence electrons. The number of amides is 2. The van der Waals surface area contributed by atoms with Crippen molar-refractivity contribution in [3.8, 4) is 0 Å². The summed E-state index contributed by atoms with van der Waals surface area (Å²) in [5.74, 6) is -0.256. The second kappa shape index (κ2) is 10.2. The average molecular weight is 470 g/mol. The van der Waals surface area contributed by atoms with E-state index in [0.29, 0.717) is 17.7 Å². The molecule has 3 aromatic rings. The summed E-state index contributed by atoms with van der Waals surface area (Å²) >= 11 is 0. The van der Waals surface area contributed by atoms with Crippen molar-refractivity contribution in [1.82, 2.24) is 16.0 Å². The van der Waals surface area contributed by atoms with Crippen LogP contribution in [-0.2, 0) is 0 Å². The number of nitrogens with zero attached hydrogens (tertiary/aromatic N) is 1. The van der Waals surface area contributed by atoms with Gasteiger partial charge in [0.1, 0.15) is 0 Å². The van der Waals surface area contributed by atoms with E-state index in [1.807, 2.05) is 79.7 Å². The third-order valence-corrected chi connectivity index (χ3v) is 6.75. The van der Waals surface area contributed by atoms with E-state index in [1.54, 1.807) is 0 Å². The first-order valence-electron chi connectivity index (χ1n) is 12.2. The van der Waals surface area contributed by atoms with Crippen molar-refractivity contribution < 1.29 is 9.59 Å². The number of benzene rings is 3. The van der Waals surface area contributed by atoms with Crippen molar-refractivity contribution in [3.63, 3.8) is 0 Å². The number of piperazine rings is 1. The molecule has 5 rings (SSSR count). The number of rotatable bonds is 6. The average Bonchev–Trinajstić information content (AvgIpc) is 3.31. The van der Waals surface area contributed by atoms with Gasteiger partial charge in [0.05, 0.1) is 12.1 Å². The Morgan fingerprint density at radius 3 is 2.37 bits per heavy atom. The van der Waals surface area contributed by atoms with Crippen LogP contribution in [0.15, 0.2) is 72.8 Å². The quantitative estimate of drug-likeness (QED) is 0.444. The van der Waals surface area contributed by atoms with Gasteiger partial charge >= 0.3 is 0 Å². The maximum Gasteiger partial charge on any atom is 0.251 e. The topological polar surface area (TPSA) is 85.5 Å². The summed E-state index contributed by atoms with van der Waals surface area (Å²) in [5, 5.41) is 12.9. The predicted octanol–water partition coefficient (Wildman–Crippen LogP) is 3.48. The van der Waals surface area contributed by atoms with Crippen LogP contribution in [0.1, 0.15) is 50.9 Å². The number of hydrogen-bond acceptors (Lipinski definition) is 5. The molecule has 35 heavy (non-hydrogen) atoms. The zero-order valence-electron chi connectivity index (χ0n) is 19.9. The van der Waals surface area contributed by atoms with Crippen molar-refractivity contribution in [2.45, 2.75) is 19.0 Å². The molecular weight excluding hydrogens is 438 g/mol. The number of nitrogens with one attached hydrogen (secondary N) is 4. The molecule has 7 heteroatoms. The lowest BCUT2D eigenvalue weighted by molar-refractivity contribution is 0.0934. The van der Waals surface area contributed by atoms with Crippen LogP contribution in [0.2, 0.25) is 0 Å². The van der Waals surface area contributed by atoms with Gasteiger partial charge in [-0.3, -0.25) is 9.59 Å². The van der Waals surface area contributed by atoms with Crippen LogP contribution in [-0.4, -0.2) is 44.5 Å². The van der Waals surface area contributed by atoms with Gasteiger partial charge in [0, 0.05) is 60.8 Å². The molecule has 3 aromatic carbocycles. The van der Waals surface area contributed by atoms with Crippen LogP contribution in [0.3, 0.4) is 0 Å². The highest BCUT2D eigenvalue weighted by molar-refractivity contribution is 5.96. The normalized spacial score (nSPS) is 17.7. The Balaban J connectivity index is 1.25. The number of hydrogen-bond donors (Lipinski definition) is 4. The first-order valence-corrected chi connectivity index (χ1v) is 12.2. The molecule has 7 nitrogen and oxygen atoms in total. The summed E-state index contributed by atoms with van der Waals surface area (Å²) in [6.45, 7) is 6.44. The monoisotopic (exact) mass is 469 g/mol. The zero-order chi connectivity index (χ0) is 24.2. The molecule has 0 saturated carbocycles. The van der Waals surface area contributed by atoms with E-state index in [-0.39, 0.29) is 23.9 Å². The van der Waals surface area contributed by atoms with Crippen LogP contribution in [0.4, 0.5) is 11.4 Å². The van der Waals surface area contributed by atoms with Crippen LogP contribution >= 0.6 is 0 Å². The van der Waals surface area contributed by atoms with Crippen molar-refractivity contribution in [2.75, 3.05) is 42.9 Å². The molecule has 2 heterocycles. The maximum absolute atomic E-state index is 13.0. The third-order valence-electron chi connectivity index (χ3n) is 6.75. The van der Waals surface area contributed by atoms with E-state index >= 15 is 0 Å². The number of carbonyl (C=O) groups is 2. The van der Waals surface area contributed by atoms with Gasteiger partial charge in [0.25, 0.3) is 11.8 Å². The lowest BCUT2D eigenvalue weighted by Gasteiger charge is -2.29. The molecule has 0 spiro atoms. The van der Waals surface area contributed by atoms with Crippen LogP contribution in [0, 0.1) is 0 Å². The minimum absolute atomic E-state index is 0.102. The van der Waals surface area contributed by atoms with Gasteiger partial charge in [-0.15, -0.1) is 0 Å². The molecule has 1 fully saturated rings. The number of carbonyl (C=O) groups excluding carboxylic acids is 2. The predicted molar refractivity (Wildman–Crippen MR) is 139 cm³/mol. The molecule has 2 unspecified atom stereocenters. The van der Waals surface area contributed by atoms with Crippen molar-refractivity contribution >= 4 is 23.2 Å². The second-order valence-corrected chi connectivity index (χ2v) is 9.10. The molecule has 2 atom stereocenters. The Bertz CT molecular complexity index is 1190. The van der Waals surface area contributed by atoms with Crippen molar-refractivity contribution in [1.29, 1.82) is 0 Å². The first-order chi connectivity index (χ1) is 17.1. The van der Waals surface area contributed by atoms with E-state index < -0.39 is 0 Å². The molecule has 1 saturated heterocycles. The van der Waals surface area contributed by atoms with Crippen molar-refractivity contribution in [2.24, 2.45) is 0 Å². The summed E-state index contributed by atoms with van der Waals surface area (Å²) in [7, 11) is 0. The molecule has 2 amide bonds. The highest BCUT2D eigenvalue weighted by Crippen LogP contribution is 2.31. The summed E-state index contributed by atoms with van der Waals surface area (Å²) in [6.07, 6.45) is 0. The standard InChI is InChI=1S/C28H31N5O2/c1-19(20-5-3-2-4-6-20)31-28(35)22-9-12-25-24(17-22)26(18-30-25)32-27(34)21-7-10-23(11-8-21)33-15-13-29-14-16-33/h2-12,17,19,26,29-30H,13-16,18H2,1H3,(H,31,35)(H,32,34). The van der Waals surface area contributed by atoms with Gasteiger partial charge in [-0.05, 0) is 55.0 Å². The Morgan fingerprint density at radius 2 is 1.63 bits per heavy atom. The maximum atomic E-state index is 13.0. The summed E-state index contributed by atoms with van der Waals surface area (Å²) in [6, 6.07) is 23.0. The van der Waals surface area contributed by atoms with E-state index in [4.69, 9.17) is 0 Å². The van der Waals surface area contributed by atoms with Gasteiger partial charge in [-0.25, -0.2) is 0 Å². The van der Waals surface area contributed by atoms with E-state index in [2.05, 4.69) is 26.2 Å². The fraction of sp³-hybridized carbons (Fsp3) is 0.286. The molecule has 0 bridgehead atoms. The summed E-state index contributed by atoms with van der Waals surface area (Å²) in [4.78, 5) is 28.2. The van der Waals surface area contributed by atoms with E-state index in [0.717, 1.165) is 48.7 Å². The smallest absolute Gasteiger partial charge is 0.251 e. The summed E-state index contributed by atoms with van der Waals surface area (Å²) < 4.78 is 0. The second-order valence-electron chi connectivity index (χ2n) is 9.10. The molecule has 0 radical (unpaired) electrons. The minimum Gasteiger partial charge on any atom is -0.382 e. The van der Waals surface area contributed by atoms with Crippen LogP contribution < -0.4 is 26.2 Å². The lowest BCUT2D eigenvalue weighted by Crippen LogP contribution is -2.43. The Hall–Kier alpha value is -3.84. The Labute approximate surface area is 205 Å². The van der Waals surface area contributed by atoms with Gasteiger partial charge in [0.2, 0.25) is 0 Å². The molecule has 0 aromatic heterocycles. The van der Waals surface area contributed by atoms with Gasteiger partial charge in [0.15, 0.2) is 0 Å². The molecule has 0 aliphatic carbocycles. The summed E-state index contributed by atoms with van der Waals surface area (Å²) in [5.41, 5.74) is 5.26. The number of fused-ring (bicyclic) bond motifs is 1. The third kappa shape index (κ3) is 5.15. The fourth-order valence-corrected chi connectivity index (χ4v) is 4.70. The van der Waals surface area contributed by atoms with Crippen LogP contribution in [0.25, 0.3) is 0 Å². The van der Waals surface area contributed by atoms with Crippen molar-refractivity contribution in [3.05, 3.63) is 95.1 Å². The Morgan fingerprint density at radius 1 is 0.914 bits per heavy atom. The van der Waals surface area contributed by atoms with E-state index in [9.17, 15) is 9.59 Å². The number of anilines is 2. The largest absolute Gasteiger partial charge is 0.382 e. The molecular formula is C28H31N5O2. The highest BCUT2D eigenvalue weighted by atomic mass is 16.2. The first kappa shape index (κ1) is 22.9. The van der Waals surface area contributed by atoms with E-state index in [1.165, 1.54) is 0 Å².